The van der Waals surface area contributed by atoms with Crippen LogP contribution in [0.5, 0.6) is 5.75 Å². The normalized spacial score (nSPS) is 20.7. The molecule has 1 heterocycles. The highest BCUT2D eigenvalue weighted by Gasteiger charge is 2.28. The highest BCUT2D eigenvalue weighted by atomic mass is 16.5. The molecule has 2 fully saturated rings. The van der Waals surface area contributed by atoms with Crippen LogP contribution in [0.1, 0.15) is 44.9 Å². The van der Waals surface area contributed by atoms with Crippen LogP contribution in [-0.4, -0.2) is 19.7 Å². The van der Waals surface area contributed by atoms with Gasteiger partial charge in [0.25, 0.3) is 0 Å². The van der Waals surface area contributed by atoms with Crippen LogP contribution < -0.4 is 9.38 Å². The standard InChI is InChI=1S/C21H27NO2/c23-22(14-5-6-15-22)20-11-12-21(19-10-4-3-9-18(19)20)24-16-13-17-7-1-2-8-17/h3-4,9-12,17H,1-2,5-8,13-16H2. The van der Waals surface area contributed by atoms with Gasteiger partial charge in [-0.25, -0.2) is 0 Å². The fourth-order valence-corrected chi connectivity index (χ4v) is 4.46. The summed E-state index contributed by atoms with van der Waals surface area (Å²) in [4.78, 5) is 0. The minimum atomic E-state index is -0.178. The third-order valence-electron chi connectivity index (χ3n) is 5.85. The number of hydroxylamine groups is 2. The minimum Gasteiger partial charge on any atom is -0.627 e. The highest BCUT2D eigenvalue weighted by Crippen LogP contribution is 2.39. The van der Waals surface area contributed by atoms with Gasteiger partial charge < -0.3 is 14.6 Å². The number of fused-ring (bicyclic) bond motifs is 1. The van der Waals surface area contributed by atoms with Crippen molar-refractivity contribution in [2.75, 3.05) is 19.7 Å². The highest BCUT2D eigenvalue weighted by molar-refractivity contribution is 5.97. The molecular formula is C21H27NO2. The van der Waals surface area contributed by atoms with Crippen LogP contribution in [0.25, 0.3) is 10.8 Å². The van der Waals surface area contributed by atoms with E-state index in [-0.39, 0.29) is 4.65 Å². The van der Waals surface area contributed by atoms with E-state index < -0.39 is 0 Å². The molecule has 1 aliphatic carbocycles. The van der Waals surface area contributed by atoms with E-state index in [1.807, 2.05) is 24.3 Å². The molecule has 0 N–H and O–H groups in total. The average Bonchev–Trinajstić information content (AvgIpc) is 3.27. The van der Waals surface area contributed by atoms with Crippen molar-refractivity contribution in [1.29, 1.82) is 0 Å². The molecule has 4 rings (SSSR count). The Morgan fingerprint density at radius 2 is 1.62 bits per heavy atom. The lowest BCUT2D eigenvalue weighted by Gasteiger charge is -2.38. The molecule has 0 amide bonds. The van der Waals surface area contributed by atoms with Crippen LogP contribution in [0.2, 0.25) is 0 Å². The van der Waals surface area contributed by atoms with E-state index in [1.165, 1.54) is 25.7 Å². The van der Waals surface area contributed by atoms with Crippen molar-refractivity contribution in [3.63, 3.8) is 0 Å². The van der Waals surface area contributed by atoms with Crippen LogP contribution in [-0.2, 0) is 0 Å². The van der Waals surface area contributed by atoms with E-state index in [9.17, 15) is 5.21 Å². The van der Waals surface area contributed by atoms with Gasteiger partial charge in [-0.05, 0) is 24.5 Å². The lowest BCUT2D eigenvalue weighted by atomic mass is 10.0. The van der Waals surface area contributed by atoms with Crippen LogP contribution in [0.15, 0.2) is 36.4 Å². The summed E-state index contributed by atoms with van der Waals surface area (Å²) in [5, 5.41) is 15.3. The van der Waals surface area contributed by atoms with Crippen molar-refractivity contribution in [3.05, 3.63) is 41.6 Å². The molecule has 1 aliphatic heterocycles. The van der Waals surface area contributed by atoms with Crippen LogP contribution >= 0.6 is 0 Å². The Balaban J connectivity index is 1.58. The Morgan fingerprint density at radius 1 is 0.917 bits per heavy atom. The summed E-state index contributed by atoms with van der Waals surface area (Å²) >= 11 is 0. The predicted molar refractivity (Wildman–Crippen MR) is 100 cm³/mol. The Kier molecular flexibility index (Phi) is 4.47. The average molecular weight is 325 g/mol. The lowest BCUT2D eigenvalue weighted by Crippen LogP contribution is -2.39. The molecule has 1 saturated carbocycles. The topological polar surface area (TPSA) is 32.3 Å². The number of benzene rings is 2. The van der Waals surface area contributed by atoms with Crippen molar-refractivity contribution < 1.29 is 4.74 Å². The number of ether oxygens (including phenoxy) is 1. The van der Waals surface area contributed by atoms with Crippen molar-refractivity contribution in [3.8, 4) is 5.75 Å². The Hall–Kier alpha value is -1.58. The molecule has 0 bridgehead atoms. The molecular weight excluding hydrogens is 298 g/mol. The molecule has 1 saturated heterocycles. The third kappa shape index (κ3) is 3.03. The van der Waals surface area contributed by atoms with Gasteiger partial charge in [-0.2, -0.15) is 0 Å². The van der Waals surface area contributed by atoms with Gasteiger partial charge in [0.15, 0.2) is 0 Å². The van der Waals surface area contributed by atoms with Gasteiger partial charge in [0, 0.05) is 29.7 Å². The summed E-state index contributed by atoms with van der Waals surface area (Å²) in [5.74, 6) is 1.77. The molecule has 3 nitrogen and oxygen atoms in total. The second-order valence-electron chi connectivity index (χ2n) is 7.46. The number of hydrogen-bond donors (Lipinski definition) is 0. The van der Waals surface area contributed by atoms with Gasteiger partial charge in [-0.1, -0.05) is 43.9 Å². The zero-order valence-electron chi connectivity index (χ0n) is 14.4. The first-order valence-electron chi connectivity index (χ1n) is 9.49. The van der Waals surface area contributed by atoms with Crippen molar-refractivity contribution in [1.82, 2.24) is 4.65 Å². The molecule has 0 aromatic heterocycles. The first-order chi connectivity index (χ1) is 11.8. The van der Waals surface area contributed by atoms with E-state index in [4.69, 9.17) is 4.74 Å². The molecule has 128 valence electrons. The quantitative estimate of drug-likeness (QED) is 0.545. The third-order valence-corrected chi connectivity index (χ3v) is 5.85. The molecule has 3 heteroatoms. The molecule has 0 unspecified atom stereocenters. The van der Waals surface area contributed by atoms with E-state index in [1.54, 1.807) is 0 Å². The zero-order chi connectivity index (χ0) is 16.4. The lowest BCUT2D eigenvalue weighted by molar-refractivity contribution is 0.282. The molecule has 0 atom stereocenters. The first-order valence-corrected chi connectivity index (χ1v) is 9.49. The van der Waals surface area contributed by atoms with Gasteiger partial charge in [0.2, 0.25) is 0 Å². The van der Waals surface area contributed by atoms with Crippen LogP contribution in [0.4, 0.5) is 5.69 Å². The van der Waals surface area contributed by atoms with Crippen molar-refractivity contribution >= 4 is 16.5 Å². The van der Waals surface area contributed by atoms with Crippen molar-refractivity contribution in [2.24, 2.45) is 5.92 Å². The van der Waals surface area contributed by atoms with Gasteiger partial charge >= 0.3 is 0 Å². The summed E-state index contributed by atoms with van der Waals surface area (Å²) in [7, 11) is 0. The fraction of sp³-hybridized carbons (Fsp3) is 0.524. The minimum absolute atomic E-state index is 0.178. The van der Waals surface area contributed by atoms with E-state index in [0.29, 0.717) is 13.1 Å². The molecule has 2 aliphatic rings. The molecule has 0 radical (unpaired) electrons. The van der Waals surface area contributed by atoms with Gasteiger partial charge in [0.1, 0.15) is 11.4 Å². The Morgan fingerprint density at radius 3 is 2.38 bits per heavy atom. The van der Waals surface area contributed by atoms with Gasteiger partial charge in [-0.3, -0.25) is 0 Å². The smallest absolute Gasteiger partial charge is 0.141 e. The maximum Gasteiger partial charge on any atom is 0.141 e. The van der Waals surface area contributed by atoms with E-state index in [2.05, 4.69) is 12.1 Å². The van der Waals surface area contributed by atoms with Gasteiger partial charge in [0.05, 0.1) is 19.7 Å². The molecule has 2 aromatic rings. The van der Waals surface area contributed by atoms with E-state index in [0.717, 1.165) is 54.0 Å². The fourth-order valence-electron chi connectivity index (χ4n) is 4.46. The number of quaternary nitrogens is 1. The monoisotopic (exact) mass is 325 g/mol. The second-order valence-corrected chi connectivity index (χ2v) is 7.46. The SMILES string of the molecule is [O-][N+]1(c2ccc(OCCC3CCCC3)c3ccccc23)CCCC1. The summed E-state index contributed by atoms with van der Waals surface area (Å²) < 4.78 is 5.95. The van der Waals surface area contributed by atoms with Crippen LogP contribution in [0.3, 0.4) is 0 Å². The number of hydrogen-bond acceptors (Lipinski definition) is 2. The maximum atomic E-state index is 13.1. The largest absolute Gasteiger partial charge is 0.627 e. The summed E-state index contributed by atoms with van der Waals surface area (Å²) in [6.45, 7) is 2.18. The van der Waals surface area contributed by atoms with Crippen LogP contribution in [0, 0.1) is 11.1 Å². The molecule has 24 heavy (non-hydrogen) atoms. The maximum absolute atomic E-state index is 13.1. The Labute approximate surface area is 144 Å². The zero-order valence-corrected chi connectivity index (χ0v) is 14.4. The van der Waals surface area contributed by atoms with Gasteiger partial charge in [-0.15, -0.1) is 0 Å². The Bertz CT molecular complexity index is 700. The molecule has 2 aromatic carbocycles. The summed E-state index contributed by atoms with van der Waals surface area (Å²) in [6, 6.07) is 12.2. The second kappa shape index (κ2) is 6.73. The summed E-state index contributed by atoms with van der Waals surface area (Å²) in [6.07, 6.45) is 8.68. The van der Waals surface area contributed by atoms with Crippen molar-refractivity contribution in [2.45, 2.75) is 44.9 Å². The molecule has 0 spiro atoms. The number of rotatable bonds is 5. The number of nitrogens with zero attached hydrogens (tertiary/aromatic N) is 1. The first kappa shape index (κ1) is 15.9. The predicted octanol–water partition coefficient (Wildman–Crippen LogP) is 5.40. The summed E-state index contributed by atoms with van der Waals surface area (Å²) in [5.41, 5.74) is 0.909. The van der Waals surface area contributed by atoms with E-state index >= 15 is 0 Å².